The number of para-hydroxylation sites is 1. The molecule has 0 amide bonds. The summed E-state index contributed by atoms with van der Waals surface area (Å²) in [6.07, 6.45) is -2.08. The number of hydrogen-bond donors (Lipinski definition) is 1. The van der Waals surface area contributed by atoms with Crippen LogP contribution in [0.2, 0.25) is 5.02 Å². The van der Waals surface area contributed by atoms with Gasteiger partial charge in [-0.2, -0.15) is 13.2 Å². The highest BCUT2D eigenvalue weighted by Crippen LogP contribution is 2.38. The van der Waals surface area contributed by atoms with Gasteiger partial charge in [0.1, 0.15) is 6.54 Å². The second-order valence-corrected chi connectivity index (χ2v) is 7.37. The van der Waals surface area contributed by atoms with Crippen LogP contribution in [-0.2, 0) is 19.3 Å². The molecule has 0 aliphatic carbocycles. The first-order valence-corrected chi connectivity index (χ1v) is 10.0. The van der Waals surface area contributed by atoms with Crippen molar-refractivity contribution in [1.82, 2.24) is 20.1 Å². The highest BCUT2D eigenvalue weighted by molar-refractivity contribution is 6.35. The number of benzene rings is 2. The van der Waals surface area contributed by atoms with Crippen LogP contribution in [0.5, 0.6) is 0 Å². The number of nitrogens with one attached hydrogen (secondary N) is 1. The number of hydrogen-bond acceptors (Lipinski definition) is 4. The Balaban J connectivity index is 1.92. The van der Waals surface area contributed by atoms with Gasteiger partial charge in [-0.25, -0.2) is 0 Å². The fourth-order valence-corrected chi connectivity index (χ4v) is 3.78. The Bertz CT molecular complexity index is 1150. The van der Waals surface area contributed by atoms with Crippen molar-refractivity contribution in [2.75, 3.05) is 6.54 Å². The molecule has 0 radical (unpaired) electrons. The van der Waals surface area contributed by atoms with Gasteiger partial charge in [0, 0.05) is 16.1 Å². The maximum Gasteiger partial charge on any atom is 0.418 e. The summed E-state index contributed by atoms with van der Waals surface area (Å²) in [5.41, 5.74) is 0.470. The lowest BCUT2D eigenvalue weighted by atomic mass is 9.97. The number of aromatic nitrogens is 3. The van der Waals surface area contributed by atoms with Gasteiger partial charge < -0.3 is 5.32 Å². The third-order valence-electron chi connectivity index (χ3n) is 4.93. The Morgan fingerprint density at radius 2 is 1.87 bits per heavy atom. The molecule has 0 spiro atoms. The molecule has 31 heavy (non-hydrogen) atoms. The van der Waals surface area contributed by atoms with Crippen molar-refractivity contribution in [2.45, 2.75) is 25.7 Å². The molecule has 3 aromatic rings. The molecule has 0 bridgehead atoms. The van der Waals surface area contributed by atoms with Crippen molar-refractivity contribution in [3.05, 3.63) is 88.5 Å². The van der Waals surface area contributed by atoms with Crippen molar-refractivity contribution in [1.29, 1.82) is 0 Å². The van der Waals surface area contributed by atoms with Crippen molar-refractivity contribution < 1.29 is 13.2 Å². The molecule has 2 heterocycles. The quantitative estimate of drug-likeness (QED) is 0.431. The molecule has 4 rings (SSSR count). The summed E-state index contributed by atoms with van der Waals surface area (Å²) < 4.78 is 43.6. The van der Waals surface area contributed by atoms with Gasteiger partial charge in [-0.3, -0.25) is 9.56 Å². The van der Waals surface area contributed by atoms with E-state index in [9.17, 15) is 13.2 Å². The first kappa shape index (κ1) is 21.3. The summed E-state index contributed by atoms with van der Waals surface area (Å²) in [6.45, 7) is 4.63. The fraction of sp³-hybridized carbons (Fsp3) is 0.227. The maximum absolute atomic E-state index is 14.1. The second-order valence-electron chi connectivity index (χ2n) is 6.97. The van der Waals surface area contributed by atoms with E-state index >= 15 is 0 Å². The molecule has 0 saturated heterocycles. The van der Waals surface area contributed by atoms with E-state index in [1.165, 1.54) is 10.6 Å². The van der Waals surface area contributed by atoms with E-state index in [0.717, 1.165) is 12.5 Å². The topological polar surface area (TPSA) is 55.1 Å². The summed E-state index contributed by atoms with van der Waals surface area (Å²) in [7, 11) is 0. The second kappa shape index (κ2) is 8.64. The van der Waals surface area contributed by atoms with E-state index in [4.69, 9.17) is 11.6 Å². The first-order chi connectivity index (χ1) is 14.9. The SMILES string of the molecule is C=CCCNCc1nnc2n1-c1c(cccc1C(F)(F)F)C(c1ccccc1Cl)=NC2. The summed E-state index contributed by atoms with van der Waals surface area (Å²) in [4.78, 5) is 4.59. The molecule has 2 aromatic carbocycles. The Labute approximate surface area is 182 Å². The number of nitrogens with zero attached hydrogens (tertiary/aromatic N) is 4. The lowest BCUT2D eigenvalue weighted by Gasteiger charge is -2.19. The zero-order valence-corrected chi connectivity index (χ0v) is 17.2. The average Bonchev–Trinajstić information content (AvgIpc) is 3.06. The molecule has 1 aliphatic heterocycles. The molecular weight excluding hydrogens is 427 g/mol. The minimum atomic E-state index is -4.57. The summed E-state index contributed by atoms with van der Waals surface area (Å²) >= 11 is 6.37. The molecule has 1 N–H and O–H groups in total. The summed E-state index contributed by atoms with van der Waals surface area (Å²) in [6, 6.07) is 11.0. The third kappa shape index (κ3) is 4.13. The zero-order valence-electron chi connectivity index (χ0n) is 16.5. The monoisotopic (exact) mass is 445 g/mol. The van der Waals surface area contributed by atoms with Gasteiger partial charge in [0.25, 0.3) is 0 Å². The third-order valence-corrected chi connectivity index (χ3v) is 5.26. The van der Waals surface area contributed by atoms with Gasteiger partial charge in [-0.15, -0.1) is 16.8 Å². The van der Waals surface area contributed by atoms with Gasteiger partial charge in [0.2, 0.25) is 0 Å². The first-order valence-electron chi connectivity index (χ1n) is 9.67. The van der Waals surface area contributed by atoms with Gasteiger partial charge in [-0.1, -0.05) is 48.0 Å². The van der Waals surface area contributed by atoms with Crippen LogP contribution in [0.4, 0.5) is 13.2 Å². The molecular formula is C22H19ClF3N5. The van der Waals surface area contributed by atoms with Crippen LogP contribution in [0.1, 0.15) is 34.8 Å². The van der Waals surface area contributed by atoms with E-state index in [2.05, 4.69) is 27.1 Å². The number of rotatable bonds is 6. The van der Waals surface area contributed by atoms with Gasteiger partial charge in [0.15, 0.2) is 11.6 Å². The van der Waals surface area contributed by atoms with Crippen molar-refractivity contribution in [3.8, 4) is 5.69 Å². The predicted molar refractivity (Wildman–Crippen MR) is 114 cm³/mol. The van der Waals surface area contributed by atoms with Gasteiger partial charge in [0.05, 0.1) is 23.5 Å². The Morgan fingerprint density at radius 1 is 1.10 bits per heavy atom. The number of aliphatic imine (C=N–C) groups is 1. The van der Waals surface area contributed by atoms with E-state index in [-0.39, 0.29) is 18.8 Å². The Kier molecular flexibility index (Phi) is 5.93. The maximum atomic E-state index is 14.1. The van der Waals surface area contributed by atoms with E-state index in [0.29, 0.717) is 40.1 Å². The van der Waals surface area contributed by atoms with Crippen molar-refractivity contribution in [2.24, 2.45) is 4.99 Å². The summed E-state index contributed by atoms with van der Waals surface area (Å²) in [5.74, 6) is 0.716. The zero-order chi connectivity index (χ0) is 22.0. The molecule has 0 atom stereocenters. The number of fused-ring (bicyclic) bond motifs is 3. The molecule has 1 aromatic heterocycles. The lowest BCUT2D eigenvalue weighted by Crippen LogP contribution is -2.21. The smallest absolute Gasteiger partial charge is 0.310 e. The molecule has 0 unspecified atom stereocenters. The van der Waals surface area contributed by atoms with Crippen LogP contribution in [-0.4, -0.2) is 27.0 Å². The van der Waals surface area contributed by atoms with Crippen LogP contribution < -0.4 is 5.32 Å². The van der Waals surface area contributed by atoms with Gasteiger partial charge in [-0.05, 0) is 25.1 Å². The van der Waals surface area contributed by atoms with Crippen molar-refractivity contribution in [3.63, 3.8) is 0 Å². The highest BCUT2D eigenvalue weighted by atomic mass is 35.5. The van der Waals surface area contributed by atoms with E-state index in [1.807, 2.05) is 0 Å². The van der Waals surface area contributed by atoms with Crippen LogP contribution >= 0.6 is 11.6 Å². The minimum Gasteiger partial charge on any atom is -0.310 e. The van der Waals surface area contributed by atoms with Crippen LogP contribution in [0.3, 0.4) is 0 Å². The Hall–Kier alpha value is -2.97. The number of alkyl halides is 3. The van der Waals surface area contributed by atoms with Crippen molar-refractivity contribution >= 4 is 17.3 Å². The standard InChI is InChI=1S/C22H19ClF3N5/c1-2-3-11-27-12-18-29-30-19-13-28-20(14-7-4-5-10-17(14)23)15-8-6-9-16(22(24,25)26)21(15)31(18)19/h2,4-10,27H,1,3,11-13H2. The van der Waals surface area contributed by atoms with E-state index < -0.39 is 11.7 Å². The predicted octanol–water partition coefficient (Wildman–Crippen LogP) is 4.96. The molecule has 5 nitrogen and oxygen atoms in total. The molecule has 1 aliphatic rings. The van der Waals surface area contributed by atoms with Crippen LogP contribution in [0.25, 0.3) is 5.69 Å². The normalized spacial score (nSPS) is 13.2. The fourth-order valence-electron chi connectivity index (χ4n) is 3.56. The molecule has 0 saturated carbocycles. The molecule has 9 heteroatoms. The summed E-state index contributed by atoms with van der Waals surface area (Å²) in [5, 5.41) is 11.8. The molecule has 0 fully saturated rings. The average molecular weight is 446 g/mol. The molecule has 160 valence electrons. The van der Waals surface area contributed by atoms with Crippen LogP contribution in [0, 0.1) is 0 Å². The largest absolute Gasteiger partial charge is 0.418 e. The lowest BCUT2D eigenvalue weighted by molar-refractivity contribution is -0.137. The Morgan fingerprint density at radius 3 is 2.61 bits per heavy atom. The highest BCUT2D eigenvalue weighted by Gasteiger charge is 2.38. The van der Waals surface area contributed by atoms with Gasteiger partial charge >= 0.3 is 6.18 Å². The number of halogens is 4. The van der Waals surface area contributed by atoms with E-state index in [1.54, 1.807) is 36.4 Å². The minimum absolute atomic E-state index is 0.0355. The van der Waals surface area contributed by atoms with Crippen LogP contribution in [0.15, 0.2) is 60.1 Å².